The van der Waals surface area contributed by atoms with Crippen LogP contribution in [0.2, 0.25) is 0 Å². The molecule has 3 atom stereocenters. The van der Waals surface area contributed by atoms with Gasteiger partial charge in [0.2, 0.25) is 5.89 Å². The summed E-state index contributed by atoms with van der Waals surface area (Å²) in [7, 11) is 0. The number of ether oxygens (including phenoxy) is 1. The maximum Gasteiger partial charge on any atom is 0.259 e. The third kappa shape index (κ3) is 2.41. The number of fused-ring (bicyclic) bond motifs is 1. The summed E-state index contributed by atoms with van der Waals surface area (Å²) in [5.41, 5.74) is 1.16. The third-order valence-electron chi connectivity index (χ3n) is 4.91. The maximum absolute atomic E-state index is 13.1. The summed E-state index contributed by atoms with van der Waals surface area (Å²) in [6, 6.07) is 0.0754. The molecule has 0 aromatic carbocycles. The van der Waals surface area contributed by atoms with Crippen LogP contribution in [0.3, 0.4) is 0 Å². The van der Waals surface area contributed by atoms with Crippen molar-refractivity contribution >= 4 is 5.91 Å². The lowest BCUT2D eigenvalue weighted by Gasteiger charge is -2.39. The lowest BCUT2D eigenvalue weighted by atomic mass is 9.89. The molecule has 4 heterocycles. The molecule has 2 aliphatic heterocycles. The van der Waals surface area contributed by atoms with Gasteiger partial charge in [-0.15, -0.1) is 0 Å². The highest BCUT2D eigenvalue weighted by atomic mass is 16.5. The number of likely N-dealkylation sites (tertiary alicyclic amines) is 1. The van der Waals surface area contributed by atoms with E-state index in [-0.39, 0.29) is 24.0 Å². The minimum Gasteiger partial charge on any atom is -0.376 e. The fourth-order valence-electron chi connectivity index (χ4n) is 3.77. The van der Waals surface area contributed by atoms with Gasteiger partial charge in [0.05, 0.1) is 23.8 Å². The predicted molar refractivity (Wildman–Crippen MR) is 81.6 cm³/mol. The maximum atomic E-state index is 13.1. The Kier molecular flexibility index (Phi) is 3.64. The quantitative estimate of drug-likeness (QED) is 0.827. The van der Waals surface area contributed by atoms with Crippen molar-refractivity contribution in [2.24, 2.45) is 0 Å². The van der Waals surface area contributed by atoms with Crippen molar-refractivity contribution in [3.63, 3.8) is 0 Å². The standard InChI is InChI=1S/C16H20N4O4/c1-8-14(9(2)23-18-8)16(21)20-7-11(15-17-10(3)19-24-15)6-13-12(20)4-5-22-13/h11-13H,4-7H2,1-3H3/t11-,12+,13+/m0/s1. The highest BCUT2D eigenvalue weighted by Gasteiger charge is 2.45. The number of aromatic nitrogens is 3. The lowest BCUT2D eigenvalue weighted by molar-refractivity contribution is 0.0123. The number of hydrogen-bond acceptors (Lipinski definition) is 7. The van der Waals surface area contributed by atoms with Crippen LogP contribution in [0, 0.1) is 20.8 Å². The molecule has 0 spiro atoms. The van der Waals surface area contributed by atoms with Crippen LogP contribution >= 0.6 is 0 Å². The number of hydrogen-bond donors (Lipinski definition) is 0. The van der Waals surface area contributed by atoms with Gasteiger partial charge in [0.1, 0.15) is 11.3 Å². The van der Waals surface area contributed by atoms with Crippen molar-refractivity contribution < 1.29 is 18.6 Å². The topological polar surface area (TPSA) is 94.5 Å². The monoisotopic (exact) mass is 332 g/mol. The molecule has 128 valence electrons. The van der Waals surface area contributed by atoms with E-state index in [1.165, 1.54) is 0 Å². The number of carbonyl (C=O) groups excluding carboxylic acids is 1. The van der Waals surface area contributed by atoms with Crippen molar-refractivity contribution in [2.45, 2.75) is 51.7 Å². The van der Waals surface area contributed by atoms with Crippen molar-refractivity contribution in [3.05, 3.63) is 28.7 Å². The van der Waals surface area contributed by atoms with Gasteiger partial charge >= 0.3 is 0 Å². The van der Waals surface area contributed by atoms with Gasteiger partial charge in [-0.25, -0.2) is 0 Å². The normalized spacial score (nSPS) is 26.6. The Morgan fingerprint density at radius 1 is 1.21 bits per heavy atom. The predicted octanol–water partition coefficient (Wildman–Crippen LogP) is 1.77. The van der Waals surface area contributed by atoms with E-state index >= 15 is 0 Å². The largest absolute Gasteiger partial charge is 0.376 e. The van der Waals surface area contributed by atoms with Crippen LogP contribution in [0.15, 0.2) is 9.05 Å². The highest BCUT2D eigenvalue weighted by molar-refractivity contribution is 5.96. The Hall–Kier alpha value is -2.22. The van der Waals surface area contributed by atoms with E-state index in [1.54, 1.807) is 20.8 Å². The van der Waals surface area contributed by atoms with E-state index in [2.05, 4.69) is 15.3 Å². The Morgan fingerprint density at radius 2 is 2.04 bits per heavy atom. The third-order valence-corrected chi connectivity index (χ3v) is 4.91. The number of rotatable bonds is 2. The van der Waals surface area contributed by atoms with Crippen LogP contribution in [-0.2, 0) is 4.74 Å². The minimum atomic E-state index is -0.0623. The first-order chi connectivity index (χ1) is 11.5. The summed E-state index contributed by atoms with van der Waals surface area (Å²) < 4.78 is 16.3. The average molecular weight is 332 g/mol. The second-order valence-corrected chi connectivity index (χ2v) is 6.53. The molecular weight excluding hydrogens is 312 g/mol. The Labute approximate surface area is 139 Å². The SMILES string of the molecule is Cc1noc([C@H]2C[C@H]3OCC[C@H]3N(C(=O)c3c(C)noc3C)C2)n1. The van der Waals surface area contributed by atoms with Crippen molar-refractivity contribution in [3.8, 4) is 0 Å². The van der Waals surface area contributed by atoms with E-state index < -0.39 is 0 Å². The highest BCUT2D eigenvalue weighted by Crippen LogP contribution is 2.36. The molecule has 4 rings (SSSR count). The zero-order valence-corrected chi connectivity index (χ0v) is 14.0. The van der Waals surface area contributed by atoms with Gasteiger partial charge in [0, 0.05) is 13.2 Å². The molecule has 2 saturated heterocycles. The fraction of sp³-hybridized carbons (Fsp3) is 0.625. The van der Waals surface area contributed by atoms with Crippen LogP contribution in [0.4, 0.5) is 0 Å². The van der Waals surface area contributed by atoms with Crippen LogP contribution < -0.4 is 0 Å². The number of piperidine rings is 1. The van der Waals surface area contributed by atoms with E-state index in [4.69, 9.17) is 13.8 Å². The lowest BCUT2D eigenvalue weighted by Crippen LogP contribution is -2.51. The molecule has 2 fully saturated rings. The van der Waals surface area contributed by atoms with Crippen LogP contribution in [0.5, 0.6) is 0 Å². The Balaban J connectivity index is 1.66. The van der Waals surface area contributed by atoms with Crippen LogP contribution in [-0.4, -0.2) is 51.4 Å². The van der Waals surface area contributed by atoms with Crippen molar-refractivity contribution in [2.75, 3.05) is 13.2 Å². The summed E-state index contributed by atoms with van der Waals surface area (Å²) in [5.74, 6) is 1.63. The molecule has 0 radical (unpaired) electrons. The van der Waals surface area contributed by atoms with E-state index in [9.17, 15) is 4.79 Å². The number of carbonyl (C=O) groups is 1. The molecule has 2 aromatic rings. The molecule has 2 aliphatic rings. The molecule has 0 bridgehead atoms. The molecule has 8 nitrogen and oxygen atoms in total. The van der Waals surface area contributed by atoms with Crippen LogP contribution in [0.25, 0.3) is 0 Å². The summed E-state index contributed by atoms with van der Waals surface area (Å²) in [5, 5.41) is 7.77. The summed E-state index contributed by atoms with van der Waals surface area (Å²) in [4.78, 5) is 19.3. The van der Waals surface area contributed by atoms with E-state index in [0.717, 1.165) is 12.8 Å². The van der Waals surface area contributed by atoms with Gasteiger partial charge in [-0.2, -0.15) is 4.98 Å². The fourth-order valence-corrected chi connectivity index (χ4v) is 3.77. The Morgan fingerprint density at radius 3 is 2.71 bits per heavy atom. The smallest absolute Gasteiger partial charge is 0.259 e. The van der Waals surface area contributed by atoms with Gasteiger partial charge in [0.25, 0.3) is 5.91 Å². The molecule has 0 aliphatic carbocycles. The second kappa shape index (κ2) is 5.70. The average Bonchev–Trinajstić information content (AvgIpc) is 3.26. The summed E-state index contributed by atoms with van der Waals surface area (Å²) >= 11 is 0. The molecular formula is C16H20N4O4. The van der Waals surface area contributed by atoms with Gasteiger partial charge in [0.15, 0.2) is 5.82 Å². The van der Waals surface area contributed by atoms with Gasteiger partial charge in [-0.1, -0.05) is 10.3 Å². The van der Waals surface area contributed by atoms with Crippen molar-refractivity contribution in [1.29, 1.82) is 0 Å². The first-order valence-electron chi connectivity index (χ1n) is 8.20. The van der Waals surface area contributed by atoms with Crippen LogP contribution in [0.1, 0.15) is 52.3 Å². The molecule has 8 heteroatoms. The summed E-state index contributed by atoms with van der Waals surface area (Å²) in [6.45, 7) is 6.54. The first-order valence-corrected chi connectivity index (χ1v) is 8.20. The molecule has 24 heavy (non-hydrogen) atoms. The zero-order chi connectivity index (χ0) is 16.8. The van der Waals surface area contributed by atoms with E-state index in [1.807, 2.05) is 4.90 Å². The first kappa shape index (κ1) is 15.3. The molecule has 2 aromatic heterocycles. The number of amides is 1. The van der Waals surface area contributed by atoms with Gasteiger partial charge in [-0.05, 0) is 33.6 Å². The van der Waals surface area contributed by atoms with Gasteiger partial charge in [-0.3, -0.25) is 4.79 Å². The molecule has 0 saturated carbocycles. The zero-order valence-electron chi connectivity index (χ0n) is 14.0. The molecule has 1 amide bonds. The molecule has 0 N–H and O–H groups in total. The minimum absolute atomic E-state index is 0.000351. The summed E-state index contributed by atoms with van der Waals surface area (Å²) in [6.07, 6.45) is 1.63. The number of aryl methyl sites for hydroxylation is 3. The second-order valence-electron chi connectivity index (χ2n) is 6.53. The van der Waals surface area contributed by atoms with Gasteiger partial charge < -0.3 is 18.7 Å². The Bertz CT molecular complexity index is 748. The van der Waals surface area contributed by atoms with Crippen molar-refractivity contribution in [1.82, 2.24) is 20.2 Å². The number of nitrogens with zero attached hydrogens (tertiary/aromatic N) is 4. The van der Waals surface area contributed by atoms with E-state index in [0.29, 0.717) is 41.9 Å². The molecule has 0 unspecified atom stereocenters.